The first kappa shape index (κ1) is 18.2. The Bertz CT molecular complexity index is 580. The van der Waals surface area contributed by atoms with Gasteiger partial charge in [-0.2, -0.15) is 13.2 Å². The van der Waals surface area contributed by atoms with Crippen LogP contribution in [0.3, 0.4) is 0 Å². The molecule has 0 spiro atoms. The number of alkyl halides is 3. The molecule has 2 rings (SSSR count). The van der Waals surface area contributed by atoms with Crippen molar-refractivity contribution in [2.45, 2.75) is 37.7 Å². The van der Waals surface area contributed by atoms with Crippen LogP contribution < -0.4 is 0 Å². The molecule has 0 N–H and O–H groups in total. The minimum atomic E-state index is -4.78. The van der Waals surface area contributed by atoms with Crippen molar-refractivity contribution in [1.82, 2.24) is 4.90 Å². The fourth-order valence-electron chi connectivity index (χ4n) is 2.78. The predicted octanol–water partition coefficient (Wildman–Crippen LogP) is 2.40. The van der Waals surface area contributed by atoms with Crippen molar-refractivity contribution < 1.29 is 27.6 Å². The monoisotopic (exact) mass is 346 g/mol. The number of carbonyl (C=O) groups excluding carboxylic acids is 1. The summed E-state index contributed by atoms with van der Waals surface area (Å²) in [5.41, 5.74) is 0.716. The molecule has 1 aromatic carbocycles. The molecule has 9 heteroatoms. The van der Waals surface area contributed by atoms with E-state index in [4.69, 9.17) is 4.74 Å². The van der Waals surface area contributed by atoms with Crippen molar-refractivity contribution in [2.24, 2.45) is 0 Å². The van der Waals surface area contributed by atoms with Gasteiger partial charge in [0.2, 0.25) is 6.54 Å². The summed E-state index contributed by atoms with van der Waals surface area (Å²) in [6.45, 7) is -1.36. The number of hydrogen-bond acceptors (Lipinski definition) is 5. The molecule has 1 fully saturated rings. The molecule has 0 radical (unpaired) electrons. The smallest absolute Gasteiger partial charge is 0.410 e. The van der Waals surface area contributed by atoms with Crippen LogP contribution in [0, 0.1) is 10.1 Å². The molecular weight excluding hydrogens is 329 g/mol. The van der Waals surface area contributed by atoms with Crippen LogP contribution >= 0.6 is 0 Å². The first-order valence-electron chi connectivity index (χ1n) is 7.44. The van der Waals surface area contributed by atoms with E-state index in [2.05, 4.69) is 0 Å². The zero-order chi connectivity index (χ0) is 17.7. The summed E-state index contributed by atoms with van der Waals surface area (Å²) in [4.78, 5) is 22.5. The summed E-state index contributed by atoms with van der Waals surface area (Å²) >= 11 is 0. The van der Waals surface area contributed by atoms with Gasteiger partial charge in [0.05, 0.1) is 0 Å². The van der Waals surface area contributed by atoms with Crippen LogP contribution in [0.1, 0.15) is 18.4 Å². The molecular formula is C15H17F3N2O4. The number of halogens is 3. The highest BCUT2D eigenvalue weighted by molar-refractivity contribution is 5.76. The topological polar surface area (TPSA) is 72.7 Å². The zero-order valence-electron chi connectivity index (χ0n) is 12.7. The second-order valence-electron chi connectivity index (χ2n) is 5.56. The van der Waals surface area contributed by atoms with Crippen molar-refractivity contribution in [3.8, 4) is 0 Å². The summed E-state index contributed by atoms with van der Waals surface area (Å²) in [7, 11) is 0. The molecule has 6 nitrogen and oxygen atoms in total. The van der Waals surface area contributed by atoms with E-state index in [0.29, 0.717) is 12.0 Å². The number of hydrogen-bond donors (Lipinski definition) is 0. The lowest BCUT2D eigenvalue weighted by molar-refractivity contribution is -0.495. The second-order valence-corrected chi connectivity index (χ2v) is 5.56. The molecule has 1 heterocycles. The standard InChI is InChI=1S/C15H17F3N2O4/c16-15(17,18)13(9-20(22)23)19-8-4-7-12(19)14(21)24-10-11-5-2-1-3-6-11/h1-3,5-6,12-13H,4,7-10H2/t12-,13?/m0/s1. The van der Waals surface area contributed by atoms with Crippen molar-refractivity contribution >= 4 is 5.97 Å². The molecule has 0 aromatic heterocycles. The van der Waals surface area contributed by atoms with Gasteiger partial charge in [-0.25, -0.2) is 0 Å². The maximum absolute atomic E-state index is 13.1. The van der Waals surface area contributed by atoms with Crippen LogP contribution in [0.2, 0.25) is 0 Å². The molecule has 132 valence electrons. The Morgan fingerprint density at radius 1 is 1.38 bits per heavy atom. The molecule has 1 saturated heterocycles. The van der Waals surface area contributed by atoms with Gasteiger partial charge in [0, 0.05) is 4.92 Å². The molecule has 0 aliphatic carbocycles. The van der Waals surface area contributed by atoms with E-state index in [1.54, 1.807) is 30.3 Å². The van der Waals surface area contributed by atoms with Crippen molar-refractivity contribution in [3.63, 3.8) is 0 Å². The minimum absolute atomic E-state index is 0.0247. The number of esters is 1. The Hall–Kier alpha value is -2.16. The van der Waals surface area contributed by atoms with Gasteiger partial charge in [-0.15, -0.1) is 0 Å². The van der Waals surface area contributed by atoms with Crippen LogP contribution in [-0.4, -0.2) is 47.1 Å². The van der Waals surface area contributed by atoms with Crippen molar-refractivity contribution in [1.29, 1.82) is 0 Å². The first-order valence-corrected chi connectivity index (χ1v) is 7.44. The maximum Gasteiger partial charge on any atom is 0.410 e. The second kappa shape index (κ2) is 7.61. The zero-order valence-corrected chi connectivity index (χ0v) is 12.7. The Morgan fingerprint density at radius 3 is 2.62 bits per heavy atom. The van der Waals surface area contributed by atoms with Crippen molar-refractivity contribution in [2.75, 3.05) is 13.1 Å². The molecule has 0 bridgehead atoms. The van der Waals surface area contributed by atoms with Crippen molar-refractivity contribution in [3.05, 3.63) is 46.0 Å². The maximum atomic E-state index is 13.1. The van der Waals surface area contributed by atoms with E-state index in [1.165, 1.54) is 0 Å². The Kier molecular flexibility index (Phi) is 5.76. The Labute approximate surface area is 136 Å². The van der Waals surface area contributed by atoms with Crippen LogP contribution in [0.15, 0.2) is 30.3 Å². The van der Waals surface area contributed by atoms with Gasteiger partial charge >= 0.3 is 12.1 Å². The number of rotatable bonds is 6. The molecule has 24 heavy (non-hydrogen) atoms. The lowest BCUT2D eigenvalue weighted by atomic mass is 10.1. The molecule has 1 aliphatic rings. The summed E-state index contributed by atoms with van der Waals surface area (Å²) in [6, 6.07) is 5.35. The summed E-state index contributed by atoms with van der Waals surface area (Å²) in [5.74, 6) is -0.783. The van der Waals surface area contributed by atoms with Gasteiger partial charge in [-0.05, 0) is 24.9 Å². The van der Waals surface area contributed by atoms with Crippen LogP contribution in [0.25, 0.3) is 0 Å². The number of nitrogens with zero attached hydrogens (tertiary/aromatic N) is 2. The fourth-order valence-corrected chi connectivity index (χ4v) is 2.78. The fraction of sp³-hybridized carbons (Fsp3) is 0.533. The molecule has 2 atom stereocenters. The molecule has 0 amide bonds. The van der Waals surface area contributed by atoms with Crippen LogP contribution in [0.5, 0.6) is 0 Å². The lowest BCUT2D eigenvalue weighted by Gasteiger charge is -2.30. The van der Waals surface area contributed by atoms with Gasteiger partial charge in [0.25, 0.3) is 0 Å². The van der Waals surface area contributed by atoms with E-state index in [1.807, 2.05) is 0 Å². The third-order valence-corrected chi connectivity index (χ3v) is 3.89. The van der Waals surface area contributed by atoms with Gasteiger partial charge < -0.3 is 4.74 Å². The lowest BCUT2D eigenvalue weighted by Crippen LogP contribution is -2.53. The molecule has 0 saturated carbocycles. The Balaban J connectivity index is 2.04. The highest BCUT2D eigenvalue weighted by Crippen LogP contribution is 2.31. The largest absolute Gasteiger partial charge is 0.460 e. The normalized spacial score (nSPS) is 19.9. The number of likely N-dealkylation sites (tertiary alicyclic amines) is 1. The number of ether oxygens (including phenoxy) is 1. The van der Waals surface area contributed by atoms with Gasteiger partial charge in [-0.1, -0.05) is 30.3 Å². The highest BCUT2D eigenvalue weighted by atomic mass is 19.4. The molecule has 1 aliphatic heterocycles. The van der Waals surface area contributed by atoms with Gasteiger partial charge in [-0.3, -0.25) is 19.8 Å². The predicted molar refractivity (Wildman–Crippen MR) is 77.7 cm³/mol. The Morgan fingerprint density at radius 2 is 2.04 bits per heavy atom. The molecule has 1 unspecified atom stereocenters. The SMILES string of the molecule is O=C(OCc1ccccc1)[C@@H]1CCCN1C(C[N+](=O)[O-])C(F)(F)F. The van der Waals surface area contributed by atoms with Gasteiger partial charge in [0.1, 0.15) is 12.6 Å². The summed E-state index contributed by atoms with van der Waals surface area (Å²) in [6.07, 6.45) is -4.23. The highest BCUT2D eigenvalue weighted by Gasteiger charge is 2.51. The number of carbonyl (C=O) groups is 1. The number of nitro groups is 1. The van der Waals surface area contributed by atoms with E-state index >= 15 is 0 Å². The van der Waals surface area contributed by atoms with Crippen LogP contribution in [-0.2, 0) is 16.1 Å². The third kappa shape index (κ3) is 4.67. The third-order valence-electron chi connectivity index (χ3n) is 3.89. The minimum Gasteiger partial charge on any atom is -0.460 e. The average Bonchev–Trinajstić information content (AvgIpc) is 2.99. The van der Waals surface area contributed by atoms with Crippen LogP contribution in [0.4, 0.5) is 13.2 Å². The van der Waals surface area contributed by atoms with E-state index in [9.17, 15) is 28.1 Å². The van der Waals surface area contributed by atoms with E-state index in [0.717, 1.165) is 4.90 Å². The molecule has 1 aromatic rings. The van der Waals surface area contributed by atoms with E-state index < -0.39 is 35.7 Å². The van der Waals surface area contributed by atoms with E-state index in [-0.39, 0.29) is 19.6 Å². The quantitative estimate of drug-likeness (QED) is 0.449. The van der Waals surface area contributed by atoms with Gasteiger partial charge in [0.15, 0.2) is 6.04 Å². The first-order chi connectivity index (χ1) is 11.3. The summed E-state index contributed by atoms with van der Waals surface area (Å²) < 4.78 is 44.5. The summed E-state index contributed by atoms with van der Waals surface area (Å²) in [5, 5.41) is 10.6. The average molecular weight is 346 g/mol. The number of benzene rings is 1.